The molecule has 112 valence electrons. The maximum absolute atomic E-state index is 13.1. The van der Waals surface area contributed by atoms with Crippen LogP contribution in [0.4, 0.5) is 18.9 Å². The van der Waals surface area contributed by atoms with Crippen molar-refractivity contribution in [2.24, 2.45) is 5.73 Å². The molecule has 8 heteroatoms. The first-order valence-electron chi connectivity index (χ1n) is 5.80. The van der Waals surface area contributed by atoms with Gasteiger partial charge < -0.3 is 5.73 Å². The van der Waals surface area contributed by atoms with Crippen LogP contribution in [0, 0.1) is 17.5 Å². The Bertz CT molecular complexity index is 756. The van der Waals surface area contributed by atoms with E-state index in [2.05, 4.69) is 0 Å². The molecule has 0 atom stereocenters. The van der Waals surface area contributed by atoms with Gasteiger partial charge in [0.15, 0.2) is 17.5 Å². The molecule has 2 rings (SSSR count). The van der Waals surface area contributed by atoms with Gasteiger partial charge in [0, 0.05) is 18.7 Å². The molecule has 0 unspecified atom stereocenters. The molecule has 0 aliphatic carbocycles. The molecule has 0 aliphatic rings. The van der Waals surface area contributed by atoms with E-state index in [1.165, 1.54) is 18.2 Å². The zero-order valence-corrected chi connectivity index (χ0v) is 11.4. The van der Waals surface area contributed by atoms with Gasteiger partial charge in [0.25, 0.3) is 10.0 Å². The van der Waals surface area contributed by atoms with Gasteiger partial charge in [-0.1, -0.05) is 18.2 Å². The number of rotatable bonds is 4. The van der Waals surface area contributed by atoms with E-state index in [1.54, 1.807) is 6.07 Å². The standard InChI is InChI=1S/C13H11F3N2O2S/c14-10-5-9(6-11(15)13(10)16)18-21(19,20)12-4-2-1-3-8(12)7-17/h1-6,18H,7,17H2. The first-order chi connectivity index (χ1) is 9.85. The SMILES string of the molecule is NCc1ccccc1S(=O)(=O)Nc1cc(F)c(F)c(F)c1. The van der Waals surface area contributed by atoms with Crippen LogP contribution >= 0.6 is 0 Å². The fourth-order valence-corrected chi connectivity index (χ4v) is 3.05. The van der Waals surface area contributed by atoms with E-state index in [9.17, 15) is 21.6 Å². The summed E-state index contributed by atoms with van der Waals surface area (Å²) >= 11 is 0. The number of nitrogens with two attached hydrogens (primary N) is 1. The number of hydrogen-bond donors (Lipinski definition) is 2. The summed E-state index contributed by atoms with van der Waals surface area (Å²) in [5.74, 6) is -4.64. The maximum atomic E-state index is 13.1. The number of halogens is 3. The van der Waals surface area contributed by atoms with E-state index < -0.39 is 33.2 Å². The highest BCUT2D eigenvalue weighted by molar-refractivity contribution is 7.92. The number of anilines is 1. The van der Waals surface area contributed by atoms with Crippen LogP contribution < -0.4 is 10.5 Å². The topological polar surface area (TPSA) is 72.2 Å². The molecular weight excluding hydrogens is 305 g/mol. The Morgan fingerprint density at radius 3 is 2.19 bits per heavy atom. The number of sulfonamides is 1. The van der Waals surface area contributed by atoms with Crippen molar-refractivity contribution in [1.29, 1.82) is 0 Å². The van der Waals surface area contributed by atoms with Gasteiger partial charge in [-0.15, -0.1) is 0 Å². The number of hydrogen-bond acceptors (Lipinski definition) is 3. The molecule has 0 aromatic heterocycles. The van der Waals surface area contributed by atoms with Crippen LogP contribution in [0.5, 0.6) is 0 Å². The van der Waals surface area contributed by atoms with Gasteiger partial charge in [-0.2, -0.15) is 0 Å². The Morgan fingerprint density at radius 2 is 1.62 bits per heavy atom. The van der Waals surface area contributed by atoms with Crippen LogP contribution in [-0.4, -0.2) is 8.42 Å². The summed E-state index contributed by atoms with van der Waals surface area (Å²) in [6.07, 6.45) is 0. The van der Waals surface area contributed by atoms with Gasteiger partial charge in [0.05, 0.1) is 10.6 Å². The maximum Gasteiger partial charge on any atom is 0.262 e. The molecule has 2 aromatic carbocycles. The van der Waals surface area contributed by atoms with Crippen LogP contribution in [0.15, 0.2) is 41.3 Å². The molecule has 0 bridgehead atoms. The lowest BCUT2D eigenvalue weighted by Crippen LogP contribution is -2.16. The van der Waals surface area contributed by atoms with Gasteiger partial charge >= 0.3 is 0 Å². The van der Waals surface area contributed by atoms with Crippen molar-refractivity contribution in [1.82, 2.24) is 0 Å². The van der Waals surface area contributed by atoms with E-state index in [0.29, 0.717) is 17.7 Å². The zero-order chi connectivity index (χ0) is 15.6. The summed E-state index contributed by atoms with van der Waals surface area (Å²) in [5.41, 5.74) is 5.37. The van der Waals surface area contributed by atoms with Crippen molar-refractivity contribution in [2.45, 2.75) is 11.4 Å². The quantitative estimate of drug-likeness (QED) is 0.851. The minimum absolute atomic E-state index is 0.0246. The molecule has 0 aliphatic heterocycles. The van der Waals surface area contributed by atoms with Gasteiger partial charge in [-0.25, -0.2) is 21.6 Å². The highest BCUT2D eigenvalue weighted by Gasteiger charge is 2.19. The Morgan fingerprint density at radius 1 is 1.05 bits per heavy atom. The molecule has 0 spiro atoms. The van der Waals surface area contributed by atoms with Crippen LogP contribution in [0.2, 0.25) is 0 Å². The summed E-state index contributed by atoms with van der Waals surface area (Å²) < 4.78 is 65.4. The summed E-state index contributed by atoms with van der Waals surface area (Å²) in [6.45, 7) is -0.0246. The molecule has 0 amide bonds. The fourth-order valence-electron chi connectivity index (χ4n) is 1.76. The Kier molecular flexibility index (Phi) is 4.19. The van der Waals surface area contributed by atoms with Crippen molar-refractivity contribution < 1.29 is 21.6 Å². The average Bonchev–Trinajstić information content (AvgIpc) is 2.44. The van der Waals surface area contributed by atoms with Gasteiger partial charge in [0.1, 0.15) is 0 Å². The van der Waals surface area contributed by atoms with Crippen molar-refractivity contribution in [3.8, 4) is 0 Å². The Hall–Kier alpha value is -2.06. The van der Waals surface area contributed by atoms with Crippen LogP contribution in [-0.2, 0) is 16.6 Å². The van der Waals surface area contributed by atoms with E-state index >= 15 is 0 Å². The van der Waals surface area contributed by atoms with Crippen molar-refractivity contribution in [2.75, 3.05) is 4.72 Å². The third-order valence-electron chi connectivity index (χ3n) is 2.72. The predicted octanol–water partition coefficient (Wildman–Crippen LogP) is 2.36. The molecule has 3 N–H and O–H groups in total. The second kappa shape index (κ2) is 5.74. The Labute approximate surface area is 119 Å². The monoisotopic (exact) mass is 316 g/mol. The highest BCUT2D eigenvalue weighted by atomic mass is 32.2. The van der Waals surface area contributed by atoms with Crippen molar-refractivity contribution in [3.63, 3.8) is 0 Å². The smallest absolute Gasteiger partial charge is 0.262 e. The summed E-state index contributed by atoms with van der Waals surface area (Å²) in [4.78, 5) is -0.113. The molecule has 0 fully saturated rings. The van der Waals surface area contributed by atoms with E-state index in [0.717, 1.165) is 0 Å². The van der Waals surface area contributed by atoms with Crippen LogP contribution in [0.3, 0.4) is 0 Å². The van der Waals surface area contributed by atoms with Crippen molar-refractivity contribution >= 4 is 15.7 Å². The molecular formula is C13H11F3N2O2S. The number of nitrogens with one attached hydrogen (secondary N) is 1. The molecule has 0 heterocycles. The first kappa shape index (κ1) is 15.3. The van der Waals surface area contributed by atoms with E-state index in [-0.39, 0.29) is 11.4 Å². The van der Waals surface area contributed by atoms with Crippen molar-refractivity contribution in [3.05, 3.63) is 59.4 Å². The lowest BCUT2D eigenvalue weighted by molar-refractivity contribution is 0.448. The molecule has 2 aromatic rings. The molecule has 0 radical (unpaired) electrons. The molecule has 4 nitrogen and oxygen atoms in total. The average molecular weight is 316 g/mol. The summed E-state index contributed by atoms with van der Waals surface area (Å²) in [5, 5.41) is 0. The zero-order valence-electron chi connectivity index (χ0n) is 10.6. The van der Waals surface area contributed by atoms with E-state index in [4.69, 9.17) is 5.73 Å². The first-order valence-corrected chi connectivity index (χ1v) is 7.29. The highest BCUT2D eigenvalue weighted by Crippen LogP contribution is 2.22. The largest absolute Gasteiger partial charge is 0.326 e. The lowest BCUT2D eigenvalue weighted by atomic mass is 10.2. The molecule has 0 saturated carbocycles. The summed E-state index contributed by atoms with van der Waals surface area (Å²) in [6, 6.07) is 7.03. The van der Waals surface area contributed by atoms with Crippen LogP contribution in [0.1, 0.15) is 5.56 Å². The van der Waals surface area contributed by atoms with Gasteiger partial charge in [-0.3, -0.25) is 4.72 Å². The van der Waals surface area contributed by atoms with E-state index in [1.807, 2.05) is 4.72 Å². The number of benzene rings is 2. The Balaban J connectivity index is 2.42. The molecule has 21 heavy (non-hydrogen) atoms. The lowest BCUT2D eigenvalue weighted by Gasteiger charge is -2.11. The molecule has 0 saturated heterocycles. The second-order valence-corrected chi connectivity index (χ2v) is 5.82. The van der Waals surface area contributed by atoms with Gasteiger partial charge in [-0.05, 0) is 11.6 Å². The van der Waals surface area contributed by atoms with Crippen LogP contribution in [0.25, 0.3) is 0 Å². The minimum Gasteiger partial charge on any atom is -0.326 e. The fraction of sp³-hybridized carbons (Fsp3) is 0.0769. The minimum atomic E-state index is -4.09. The third-order valence-corrected chi connectivity index (χ3v) is 4.20. The predicted molar refractivity (Wildman–Crippen MR) is 71.5 cm³/mol. The second-order valence-electron chi connectivity index (χ2n) is 4.17. The third kappa shape index (κ3) is 3.17. The normalized spacial score (nSPS) is 11.4. The van der Waals surface area contributed by atoms with Gasteiger partial charge in [0.2, 0.25) is 0 Å². The summed E-state index contributed by atoms with van der Waals surface area (Å²) in [7, 11) is -4.09.